The molecule has 3 aromatic rings. The molecule has 0 radical (unpaired) electrons. The molecule has 72 heavy (non-hydrogen) atoms. The van der Waals surface area contributed by atoms with Gasteiger partial charge in [-0.15, -0.1) is 0 Å². The molecule has 4 atom stereocenters. The first-order valence-corrected chi connectivity index (χ1v) is 26.3. The molecule has 13 heteroatoms. The number of carbonyl (C=O) groups excluding carboxylic acids is 3. The minimum Gasteiger partial charge on any atom is -0.469 e. The maximum atomic E-state index is 14.5. The number of allylic oxidation sites excluding steroid dienone is 2. The summed E-state index contributed by atoms with van der Waals surface area (Å²) >= 11 is 0. The minimum atomic E-state index is -0.685. The van der Waals surface area contributed by atoms with E-state index < -0.39 is 18.2 Å². The van der Waals surface area contributed by atoms with Crippen LogP contribution in [-0.4, -0.2) is 102 Å². The number of aromatic amines is 2. The van der Waals surface area contributed by atoms with Gasteiger partial charge in [-0.3, -0.25) is 19.4 Å². The van der Waals surface area contributed by atoms with Crippen LogP contribution in [0.25, 0.3) is 39.3 Å². The molecule has 0 aliphatic carbocycles. The van der Waals surface area contributed by atoms with Crippen molar-refractivity contribution in [1.82, 2.24) is 25.3 Å². The second kappa shape index (κ2) is 28.8. The Morgan fingerprint density at radius 1 is 0.806 bits per heavy atom. The summed E-state index contributed by atoms with van der Waals surface area (Å²) in [5, 5.41) is 2.98. The van der Waals surface area contributed by atoms with Crippen LogP contribution in [-0.2, 0) is 46.2 Å². The number of rotatable bonds is 26. The van der Waals surface area contributed by atoms with Crippen molar-refractivity contribution in [3.8, 4) is 0 Å². The van der Waals surface area contributed by atoms with Gasteiger partial charge in [0, 0.05) is 71.4 Å². The summed E-state index contributed by atoms with van der Waals surface area (Å²) in [5.41, 5.74) is 12.6. The summed E-state index contributed by atoms with van der Waals surface area (Å²) in [4.78, 5) is 59.5. The van der Waals surface area contributed by atoms with Crippen LogP contribution in [0.1, 0.15) is 188 Å². The summed E-state index contributed by atoms with van der Waals surface area (Å²) in [5.74, 6) is 0.521. The first kappa shape index (κ1) is 60.0. The van der Waals surface area contributed by atoms with Gasteiger partial charge in [0.15, 0.2) is 6.29 Å². The first-order valence-electron chi connectivity index (χ1n) is 26.3. The van der Waals surface area contributed by atoms with Crippen molar-refractivity contribution in [3.63, 3.8) is 0 Å². The van der Waals surface area contributed by atoms with Gasteiger partial charge in [0.1, 0.15) is 6.61 Å². The largest absolute Gasteiger partial charge is 2.00 e. The quantitative estimate of drug-likeness (QED) is 0.0308. The molecule has 388 valence electrons. The van der Waals surface area contributed by atoms with Gasteiger partial charge in [-0.1, -0.05) is 105 Å². The molecule has 5 heterocycles. The summed E-state index contributed by atoms with van der Waals surface area (Å²) in [6.07, 6.45) is 15.5. The van der Waals surface area contributed by atoms with Crippen molar-refractivity contribution in [2.75, 3.05) is 34.5 Å². The number of aryl methyl sites for hydroxylation is 3. The van der Waals surface area contributed by atoms with Crippen molar-refractivity contribution in [2.45, 2.75) is 171 Å². The molecule has 0 saturated carbocycles. The number of nitrogens with one attached hydrogen (secondary N) is 3. The second-order valence-electron chi connectivity index (χ2n) is 20.7. The maximum absolute atomic E-state index is 14.5. The van der Waals surface area contributed by atoms with Crippen LogP contribution in [0.5, 0.6) is 0 Å². The fourth-order valence-corrected chi connectivity index (χ4v) is 10.3. The maximum Gasteiger partial charge on any atom is 2.00 e. The van der Waals surface area contributed by atoms with Gasteiger partial charge in [-0.25, -0.2) is 4.98 Å². The number of nitrogens with zero attached hydrogens (tertiary/aromatic N) is 2. The average molecular weight is 1000 g/mol. The van der Waals surface area contributed by atoms with Gasteiger partial charge in [0.2, 0.25) is 0 Å². The smallest absolute Gasteiger partial charge is 0.469 e. The van der Waals surface area contributed by atoms with Gasteiger partial charge in [0.25, 0.3) is 5.91 Å². The molecular weight excluding hydrogens is 915 g/mol. The zero-order valence-electron chi connectivity index (χ0n) is 46.1. The first-order chi connectivity index (χ1) is 33.9. The Bertz CT molecular complexity index is 2580. The third kappa shape index (κ3) is 15.7. The van der Waals surface area contributed by atoms with Crippen LogP contribution >= 0.6 is 0 Å². The zero-order valence-corrected chi connectivity index (χ0v) is 47.5. The molecule has 2 aliphatic rings. The number of amides is 1. The second-order valence-corrected chi connectivity index (χ2v) is 20.7. The topological polar surface area (TPSA) is 158 Å². The minimum absolute atomic E-state index is 0. The molecule has 8 bridgehead atoms. The Labute approximate surface area is 446 Å². The molecule has 4 unspecified atom stereocenters. The average Bonchev–Trinajstić information content (AvgIpc) is 4.02. The molecule has 3 aromatic heterocycles. The Kier molecular flexibility index (Phi) is 24.0. The third-order valence-corrected chi connectivity index (χ3v) is 14.9. The van der Waals surface area contributed by atoms with Crippen molar-refractivity contribution < 1.29 is 33.3 Å². The van der Waals surface area contributed by atoms with Gasteiger partial charge in [-0.05, 0) is 118 Å². The fraction of sp³-hybridized carbons (Fsp3) is 0.576. The van der Waals surface area contributed by atoms with Gasteiger partial charge < -0.3 is 34.2 Å². The Morgan fingerprint density at radius 3 is 2.07 bits per heavy atom. The van der Waals surface area contributed by atoms with E-state index in [1.807, 2.05) is 31.2 Å². The van der Waals surface area contributed by atoms with Crippen LogP contribution in [0.4, 0.5) is 0 Å². The van der Waals surface area contributed by atoms with E-state index in [9.17, 15) is 14.4 Å². The summed E-state index contributed by atoms with van der Waals surface area (Å²) in [7, 11) is 4.36. The molecule has 5 rings (SSSR count). The van der Waals surface area contributed by atoms with Crippen LogP contribution in [0, 0.1) is 31.6 Å². The standard InChI is InChI=1S/C59H85N5O7.Mg/c1-15-43-39(8)47-31-49-41(10)45(26-27-53(65)71-29-28-38(7)25-19-24-37(6)23-18-22-36(5)21-17-20-35(3)4)57(63-49)46(30-54(66)68-12)58-56(59(67)60-34-55(69-13)70-14)42(11)50(64-58)33-52-44(16-2)40(9)48(62-52)32-51(43)61-47;/h15,28,31-33,35-37,41,45,55,61-62H,1,16-27,29-30,34H2,2-14H3,(H,60,67);/q;+2/b38-28+,47-31?,48-32?,49-31?,50-33?,51-32?,52-33?,57-46?,58-46?;. The summed E-state index contributed by atoms with van der Waals surface area (Å²) in [6.45, 7) is 26.2. The van der Waals surface area contributed by atoms with E-state index in [1.54, 1.807) is 0 Å². The molecule has 0 spiro atoms. The molecule has 0 saturated heterocycles. The fourth-order valence-electron chi connectivity index (χ4n) is 10.3. The number of ether oxygens (including phenoxy) is 4. The third-order valence-electron chi connectivity index (χ3n) is 14.9. The number of methoxy groups -OCH3 is 3. The van der Waals surface area contributed by atoms with Crippen LogP contribution in [0.15, 0.2) is 36.4 Å². The summed E-state index contributed by atoms with van der Waals surface area (Å²) < 4.78 is 21.9. The van der Waals surface area contributed by atoms with Crippen molar-refractivity contribution >= 4 is 80.2 Å². The molecule has 12 nitrogen and oxygen atoms in total. The molecule has 0 fully saturated rings. The van der Waals surface area contributed by atoms with Crippen LogP contribution < -0.4 is 5.32 Å². The predicted octanol–water partition coefficient (Wildman–Crippen LogP) is 12.7. The number of H-pyrrole nitrogens is 2. The number of hydrogen-bond donors (Lipinski definition) is 3. The number of fused-ring (bicyclic) bond motifs is 8. The normalized spacial score (nSPS) is 15.7. The predicted molar refractivity (Wildman–Crippen MR) is 295 cm³/mol. The SMILES string of the molecule is C=Cc1c(C)c2cc3nc(c(CC(=O)OC)c4nc(cc5[nH]c(cc1[nH]2)c(C)c5CC)C(C)=C4C(=O)NCC(OC)OC)C(CCC(=O)OC/C=C(\C)CCCC(C)CCCC(C)CCCC(C)C)C3C.[Mg+2]. The van der Waals surface area contributed by atoms with Crippen molar-refractivity contribution in [3.05, 3.63) is 87.0 Å². The number of aromatic nitrogens is 4. The number of carbonyl (C=O) groups is 3. The van der Waals surface area contributed by atoms with Crippen molar-refractivity contribution in [2.24, 2.45) is 17.8 Å². The molecule has 2 aliphatic heterocycles. The van der Waals surface area contributed by atoms with Crippen LogP contribution in [0.3, 0.4) is 0 Å². The Hall–Kier alpha value is -4.56. The zero-order chi connectivity index (χ0) is 51.9. The Morgan fingerprint density at radius 2 is 1.44 bits per heavy atom. The monoisotopic (exact) mass is 1000 g/mol. The van der Waals surface area contributed by atoms with E-state index >= 15 is 0 Å². The van der Waals surface area contributed by atoms with Gasteiger partial charge in [0.05, 0.1) is 42.7 Å². The van der Waals surface area contributed by atoms with E-state index in [2.05, 4.69) is 90.2 Å². The molecular formula is C59H85MgN5O7+2. The van der Waals surface area contributed by atoms with E-state index in [0.29, 0.717) is 46.1 Å². The molecule has 0 aromatic carbocycles. The Balaban J connectivity index is 0.0000112. The van der Waals surface area contributed by atoms with E-state index in [-0.39, 0.29) is 66.9 Å². The van der Waals surface area contributed by atoms with E-state index in [4.69, 9.17) is 28.9 Å². The van der Waals surface area contributed by atoms with Gasteiger partial charge in [-0.2, -0.15) is 0 Å². The molecule has 3 N–H and O–H groups in total. The van der Waals surface area contributed by atoms with Gasteiger partial charge >= 0.3 is 35.0 Å². The van der Waals surface area contributed by atoms with E-state index in [0.717, 1.165) is 81.1 Å². The number of esters is 2. The summed E-state index contributed by atoms with van der Waals surface area (Å²) in [6, 6.07) is 6.13. The van der Waals surface area contributed by atoms with Crippen LogP contribution in [0.2, 0.25) is 0 Å². The van der Waals surface area contributed by atoms with Crippen molar-refractivity contribution in [1.29, 1.82) is 0 Å². The van der Waals surface area contributed by atoms with E-state index in [1.165, 1.54) is 71.8 Å². The molecule has 1 amide bonds. The number of hydrogen-bond acceptors (Lipinski definition) is 9.